The van der Waals surface area contributed by atoms with Gasteiger partial charge in [-0.15, -0.1) is 0 Å². The van der Waals surface area contributed by atoms with E-state index in [9.17, 15) is 14.7 Å². The Morgan fingerprint density at radius 2 is 1.59 bits per heavy atom. The van der Waals surface area contributed by atoms with Gasteiger partial charge >= 0.3 is 6.09 Å². The van der Waals surface area contributed by atoms with E-state index in [2.05, 4.69) is 10.6 Å². The molecule has 0 aromatic heterocycles. The lowest BCUT2D eigenvalue weighted by Gasteiger charge is -2.52. The molecule has 2 aromatic carbocycles. The standard InChI is InChI=1S/C26H32N2O4/c1-24(2,3)32-23(30)28-26(16-25(4,31)17-26)20-13-11-19(12-14-20)22(29)21(15-27-5)18-9-7-6-8-10-18/h6-15,27,31H,16-17H2,1-5H3,(H,28,30)/b21-15-/t25-,26-. The summed E-state index contributed by atoms with van der Waals surface area (Å²) in [6.45, 7) is 7.16. The average molecular weight is 437 g/mol. The molecule has 1 aliphatic carbocycles. The molecule has 1 aliphatic rings. The minimum Gasteiger partial charge on any atom is -0.444 e. The largest absolute Gasteiger partial charge is 0.444 e. The first-order valence-corrected chi connectivity index (χ1v) is 10.8. The highest BCUT2D eigenvalue weighted by Crippen LogP contribution is 2.48. The first-order valence-electron chi connectivity index (χ1n) is 10.8. The number of benzene rings is 2. The van der Waals surface area contributed by atoms with Crippen molar-refractivity contribution in [1.82, 2.24) is 10.6 Å². The lowest BCUT2D eigenvalue weighted by atomic mass is 9.62. The zero-order chi connectivity index (χ0) is 23.6. The molecule has 3 rings (SSSR count). The van der Waals surface area contributed by atoms with Crippen LogP contribution in [0.2, 0.25) is 0 Å². The zero-order valence-corrected chi connectivity index (χ0v) is 19.4. The quantitative estimate of drug-likeness (QED) is 0.462. The van der Waals surface area contributed by atoms with E-state index in [0.717, 1.165) is 11.1 Å². The predicted octanol–water partition coefficient (Wildman–Crippen LogP) is 4.39. The van der Waals surface area contributed by atoms with Crippen LogP contribution in [0, 0.1) is 0 Å². The summed E-state index contributed by atoms with van der Waals surface area (Å²) in [5, 5.41) is 16.3. The molecule has 6 heteroatoms. The van der Waals surface area contributed by atoms with Crippen LogP contribution in [-0.4, -0.2) is 35.2 Å². The number of amides is 1. The van der Waals surface area contributed by atoms with Gasteiger partial charge in [-0.3, -0.25) is 4.79 Å². The number of nitrogens with one attached hydrogen (secondary N) is 2. The summed E-state index contributed by atoms with van der Waals surface area (Å²) >= 11 is 0. The minimum absolute atomic E-state index is 0.105. The fourth-order valence-corrected chi connectivity index (χ4v) is 4.25. The Kier molecular flexibility index (Phi) is 6.46. The van der Waals surface area contributed by atoms with Crippen LogP contribution < -0.4 is 10.6 Å². The third-order valence-electron chi connectivity index (χ3n) is 5.42. The smallest absolute Gasteiger partial charge is 0.408 e. The Labute approximate surface area is 189 Å². The van der Waals surface area contributed by atoms with Crippen molar-refractivity contribution in [3.8, 4) is 0 Å². The van der Waals surface area contributed by atoms with Crippen LogP contribution in [0.3, 0.4) is 0 Å². The molecule has 1 fully saturated rings. The number of ketones is 1. The molecule has 1 amide bonds. The SMILES string of the molecule is CN/C=C(\C(=O)c1ccc([C@]2(NC(=O)OC(C)(C)C)C[C@](C)(O)C2)cc1)c1ccccc1. The maximum absolute atomic E-state index is 13.2. The van der Waals surface area contributed by atoms with Crippen LogP contribution in [-0.2, 0) is 10.3 Å². The summed E-state index contributed by atoms with van der Waals surface area (Å²) in [6.07, 6.45) is 1.89. The van der Waals surface area contributed by atoms with E-state index in [0.29, 0.717) is 24.0 Å². The van der Waals surface area contributed by atoms with Gasteiger partial charge in [0, 0.05) is 37.2 Å². The van der Waals surface area contributed by atoms with Crippen molar-refractivity contribution in [2.45, 2.75) is 57.3 Å². The van der Waals surface area contributed by atoms with Crippen molar-refractivity contribution in [3.05, 3.63) is 77.5 Å². The molecule has 1 saturated carbocycles. The summed E-state index contributed by atoms with van der Waals surface area (Å²) in [7, 11) is 1.76. The molecule has 0 unspecified atom stereocenters. The molecular formula is C26H32N2O4. The molecule has 6 nitrogen and oxygen atoms in total. The lowest BCUT2D eigenvalue weighted by molar-refractivity contribution is -0.0892. The fraction of sp³-hybridized carbons (Fsp3) is 0.385. The highest BCUT2D eigenvalue weighted by molar-refractivity contribution is 6.28. The van der Waals surface area contributed by atoms with Crippen LogP contribution >= 0.6 is 0 Å². The molecule has 0 atom stereocenters. The summed E-state index contributed by atoms with van der Waals surface area (Å²) in [4.78, 5) is 25.6. The number of carbonyl (C=O) groups is 2. The van der Waals surface area contributed by atoms with Crippen LogP contribution in [0.15, 0.2) is 60.8 Å². The third-order valence-corrected chi connectivity index (χ3v) is 5.42. The van der Waals surface area contributed by atoms with Crippen molar-refractivity contribution in [2.24, 2.45) is 0 Å². The predicted molar refractivity (Wildman–Crippen MR) is 125 cm³/mol. The highest BCUT2D eigenvalue weighted by atomic mass is 16.6. The van der Waals surface area contributed by atoms with E-state index in [1.807, 2.05) is 42.5 Å². The summed E-state index contributed by atoms with van der Waals surface area (Å²) < 4.78 is 5.43. The molecular weight excluding hydrogens is 404 g/mol. The Morgan fingerprint density at radius 3 is 2.09 bits per heavy atom. The van der Waals surface area contributed by atoms with Crippen molar-refractivity contribution in [2.75, 3.05) is 7.05 Å². The third kappa shape index (κ3) is 5.37. The highest BCUT2D eigenvalue weighted by Gasteiger charge is 2.53. The van der Waals surface area contributed by atoms with Gasteiger partial charge in [-0.1, -0.05) is 54.6 Å². The summed E-state index contributed by atoms with van der Waals surface area (Å²) in [6, 6.07) is 16.7. The van der Waals surface area contributed by atoms with Crippen molar-refractivity contribution >= 4 is 17.4 Å². The van der Waals surface area contributed by atoms with E-state index >= 15 is 0 Å². The van der Waals surface area contributed by atoms with Gasteiger partial charge in [0.25, 0.3) is 0 Å². The normalized spacial score (nSPS) is 23.1. The van der Waals surface area contributed by atoms with Crippen molar-refractivity contribution in [3.63, 3.8) is 0 Å². The fourth-order valence-electron chi connectivity index (χ4n) is 4.25. The first kappa shape index (κ1) is 23.5. The van der Waals surface area contributed by atoms with Gasteiger partial charge in [0.2, 0.25) is 0 Å². The monoisotopic (exact) mass is 436 g/mol. The summed E-state index contributed by atoms with van der Waals surface area (Å²) in [5.74, 6) is -0.105. The van der Waals surface area contributed by atoms with E-state index in [4.69, 9.17) is 4.74 Å². The maximum atomic E-state index is 13.2. The number of alkyl carbamates (subject to hydrolysis) is 1. The van der Waals surface area contributed by atoms with Gasteiger partial charge < -0.3 is 20.5 Å². The maximum Gasteiger partial charge on any atom is 0.408 e. The van der Waals surface area contributed by atoms with Crippen LogP contribution in [0.25, 0.3) is 5.57 Å². The molecule has 0 spiro atoms. The van der Waals surface area contributed by atoms with E-state index in [1.54, 1.807) is 53.1 Å². The average Bonchev–Trinajstić information content (AvgIpc) is 2.69. The van der Waals surface area contributed by atoms with E-state index in [-0.39, 0.29) is 5.78 Å². The molecule has 0 aliphatic heterocycles. The van der Waals surface area contributed by atoms with Gasteiger partial charge in [0.15, 0.2) is 5.78 Å². The Hall–Kier alpha value is -3.12. The molecule has 0 bridgehead atoms. The number of rotatable bonds is 6. The van der Waals surface area contributed by atoms with Crippen LogP contribution in [0.4, 0.5) is 4.79 Å². The Bertz CT molecular complexity index is 994. The molecule has 2 aromatic rings. The lowest BCUT2D eigenvalue weighted by Crippen LogP contribution is -2.62. The molecule has 0 saturated heterocycles. The van der Waals surface area contributed by atoms with Gasteiger partial charge in [-0.2, -0.15) is 0 Å². The van der Waals surface area contributed by atoms with E-state index < -0.39 is 22.8 Å². The number of aliphatic hydroxyl groups is 1. The first-order chi connectivity index (χ1) is 14.9. The molecule has 170 valence electrons. The number of allylic oxidation sites excluding steroid dienone is 1. The van der Waals surface area contributed by atoms with Gasteiger partial charge in [0.1, 0.15) is 5.60 Å². The van der Waals surface area contributed by atoms with Crippen LogP contribution in [0.1, 0.15) is 62.0 Å². The van der Waals surface area contributed by atoms with Gasteiger partial charge in [0.05, 0.1) is 11.1 Å². The zero-order valence-electron chi connectivity index (χ0n) is 19.4. The van der Waals surface area contributed by atoms with Gasteiger partial charge in [-0.25, -0.2) is 4.79 Å². The second kappa shape index (κ2) is 8.79. The molecule has 32 heavy (non-hydrogen) atoms. The van der Waals surface area contributed by atoms with Gasteiger partial charge in [-0.05, 0) is 38.8 Å². The topological polar surface area (TPSA) is 87.7 Å². The van der Waals surface area contributed by atoms with Crippen molar-refractivity contribution < 1.29 is 19.4 Å². The minimum atomic E-state index is -0.875. The summed E-state index contributed by atoms with van der Waals surface area (Å²) in [5.41, 5.74) is 0.517. The molecule has 3 N–H and O–H groups in total. The van der Waals surface area contributed by atoms with Crippen LogP contribution in [0.5, 0.6) is 0 Å². The number of Topliss-reactive ketones (excluding diaryl/α,β-unsaturated/α-hetero) is 1. The molecule has 0 heterocycles. The number of hydrogen-bond donors (Lipinski definition) is 3. The van der Waals surface area contributed by atoms with Crippen molar-refractivity contribution in [1.29, 1.82) is 0 Å². The Morgan fingerprint density at radius 1 is 1.00 bits per heavy atom. The second-order valence-corrected chi connectivity index (χ2v) is 9.68. The number of hydrogen-bond acceptors (Lipinski definition) is 5. The Balaban J connectivity index is 1.85. The number of carbonyl (C=O) groups excluding carboxylic acids is 2. The van der Waals surface area contributed by atoms with E-state index in [1.165, 1.54) is 0 Å². The number of ether oxygens (including phenoxy) is 1. The molecule has 0 radical (unpaired) electrons. The second-order valence-electron chi connectivity index (χ2n) is 9.68.